The Kier molecular flexibility index (Phi) is 13.9. The lowest BCUT2D eigenvalue weighted by atomic mass is 9.65. The molecule has 0 spiro atoms. The number of rotatable bonds is 17. The first-order valence-corrected chi connectivity index (χ1v) is 12.1. The lowest BCUT2D eigenvalue weighted by molar-refractivity contribution is -0.170. The second-order valence-corrected chi connectivity index (χ2v) is 10.6. The van der Waals surface area contributed by atoms with Gasteiger partial charge in [0.05, 0.1) is 29.5 Å². The van der Waals surface area contributed by atoms with Gasteiger partial charge < -0.3 is 29.3 Å². The summed E-state index contributed by atoms with van der Waals surface area (Å²) in [5, 5.41) is 18.5. The number of esters is 3. The van der Waals surface area contributed by atoms with Crippen LogP contribution in [0.2, 0.25) is 0 Å². The van der Waals surface area contributed by atoms with Gasteiger partial charge in [0.1, 0.15) is 19.3 Å². The van der Waals surface area contributed by atoms with Gasteiger partial charge in [-0.25, -0.2) is 0 Å². The Morgan fingerprint density at radius 3 is 1.91 bits per heavy atom. The minimum Gasteiger partial charge on any atom is -0.465 e. The summed E-state index contributed by atoms with van der Waals surface area (Å²) in [7, 11) is 3.74. The number of unbranched alkanes of at least 4 members (excludes halogenated alkanes) is 1. The first kappa shape index (κ1) is 32.3. The fourth-order valence-corrected chi connectivity index (χ4v) is 3.86. The molecule has 0 aromatic rings. The van der Waals surface area contributed by atoms with E-state index < -0.39 is 40.9 Å². The molecular weight excluding hydrogens is 442 g/mol. The number of hydrogen-bond acceptors (Lipinski definition) is 9. The van der Waals surface area contributed by atoms with E-state index in [2.05, 4.69) is 0 Å². The van der Waals surface area contributed by atoms with E-state index in [0.29, 0.717) is 19.6 Å². The molecule has 0 heterocycles. The fourth-order valence-electron chi connectivity index (χ4n) is 3.86. The third-order valence-corrected chi connectivity index (χ3v) is 6.05. The highest BCUT2D eigenvalue weighted by molar-refractivity contribution is 5.82. The molecule has 0 saturated carbocycles. The Morgan fingerprint density at radius 2 is 1.41 bits per heavy atom. The second-order valence-electron chi connectivity index (χ2n) is 10.6. The molecule has 0 radical (unpaired) electrons. The molecule has 0 bridgehead atoms. The molecule has 3 unspecified atom stereocenters. The summed E-state index contributed by atoms with van der Waals surface area (Å²) in [6, 6.07) is 0. The van der Waals surface area contributed by atoms with Gasteiger partial charge in [-0.2, -0.15) is 0 Å². The van der Waals surface area contributed by atoms with Gasteiger partial charge in [0.15, 0.2) is 0 Å². The zero-order valence-electron chi connectivity index (χ0n) is 22.4. The third kappa shape index (κ3) is 10.7. The average Bonchev–Trinajstić information content (AvgIpc) is 2.76. The Morgan fingerprint density at radius 1 is 0.853 bits per heavy atom. The highest BCUT2D eigenvalue weighted by Crippen LogP contribution is 2.45. The van der Waals surface area contributed by atoms with Crippen molar-refractivity contribution in [2.45, 2.75) is 79.8 Å². The van der Waals surface area contributed by atoms with E-state index in [1.807, 2.05) is 32.8 Å². The number of ether oxygens (including phenoxy) is 3. The number of hydrogen-bond donors (Lipinski definition) is 2. The zero-order chi connectivity index (χ0) is 26.6. The van der Waals surface area contributed by atoms with Crippen LogP contribution >= 0.6 is 0 Å². The lowest BCUT2D eigenvalue weighted by Gasteiger charge is -2.39. The summed E-state index contributed by atoms with van der Waals surface area (Å²) < 4.78 is 16.2. The van der Waals surface area contributed by atoms with Crippen molar-refractivity contribution < 1.29 is 38.8 Å². The molecule has 200 valence electrons. The van der Waals surface area contributed by atoms with Crippen LogP contribution in [0.15, 0.2) is 0 Å². The van der Waals surface area contributed by atoms with Crippen molar-refractivity contribution in [1.29, 1.82) is 0 Å². The van der Waals surface area contributed by atoms with Gasteiger partial charge >= 0.3 is 17.9 Å². The maximum atomic E-state index is 13.3. The summed E-state index contributed by atoms with van der Waals surface area (Å²) in [4.78, 5) is 40.9. The van der Waals surface area contributed by atoms with Crippen molar-refractivity contribution in [2.24, 2.45) is 16.2 Å². The lowest BCUT2D eigenvalue weighted by Crippen LogP contribution is -2.45. The number of aliphatic hydroxyl groups excluding tert-OH is 2. The Labute approximate surface area is 205 Å². The number of nitrogens with zero attached hydrogens (tertiary/aromatic N) is 1. The molecule has 0 aromatic heterocycles. The second kappa shape index (κ2) is 14.6. The topological polar surface area (TPSA) is 123 Å². The Bertz CT molecular complexity index is 651. The number of likely N-dealkylation sites (N-methyl/N-ethyl adjacent to an activating group) is 1. The number of aliphatic hydroxyl groups is 2. The third-order valence-electron chi connectivity index (χ3n) is 6.05. The molecule has 0 aliphatic heterocycles. The van der Waals surface area contributed by atoms with Gasteiger partial charge in [-0.05, 0) is 67.5 Å². The minimum absolute atomic E-state index is 0.0622. The first-order chi connectivity index (χ1) is 15.7. The summed E-state index contributed by atoms with van der Waals surface area (Å²) in [6.07, 6.45) is 1.13. The standard InChI is InChI=1S/C25H47NO8/c1-9-11-13-32-21(30)24(5,10-2)18-25(6,22(31)33-14-12-26(7)8)17-23(3,4)20(29)34-16-19(28)15-27/h19,27-28H,9-18H2,1-8H3. The van der Waals surface area contributed by atoms with E-state index in [0.717, 1.165) is 12.8 Å². The van der Waals surface area contributed by atoms with E-state index >= 15 is 0 Å². The SMILES string of the molecule is CCCCOC(=O)C(C)(CC)CC(C)(CC(C)(C)C(=O)OCC(O)CO)C(=O)OCCN(C)C. The molecule has 2 N–H and O–H groups in total. The van der Waals surface area contributed by atoms with Crippen LogP contribution in [0.4, 0.5) is 0 Å². The molecule has 0 saturated heterocycles. The molecule has 0 amide bonds. The first-order valence-electron chi connectivity index (χ1n) is 12.1. The largest absolute Gasteiger partial charge is 0.465 e. The van der Waals surface area contributed by atoms with Crippen molar-refractivity contribution in [3.05, 3.63) is 0 Å². The maximum absolute atomic E-state index is 13.3. The zero-order valence-corrected chi connectivity index (χ0v) is 22.4. The van der Waals surface area contributed by atoms with Gasteiger partial charge in [-0.1, -0.05) is 20.3 Å². The molecule has 3 atom stereocenters. The summed E-state index contributed by atoms with van der Waals surface area (Å²) >= 11 is 0. The molecule has 0 fully saturated rings. The molecule has 0 aromatic carbocycles. The van der Waals surface area contributed by atoms with E-state index in [-0.39, 0.29) is 32.0 Å². The summed E-state index contributed by atoms with van der Waals surface area (Å²) in [5.41, 5.74) is -3.25. The van der Waals surface area contributed by atoms with Gasteiger partial charge in [0.2, 0.25) is 0 Å². The van der Waals surface area contributed by atoms with E-state index in [9.17, 15) is 19.5 Å². The van der Waals surface area contributed by atoms with Crippen LogP contribution in [-0.4, -0.2) is 86.2 Å². The van der Waals surface area contributed by atoms with Crippen molar-refractivity contribution in [3.8, 4) is 0 Å². The van der Waals surface area contributed by atoms with Gasteiger partial charge in [-0.3, -0.25) is 14.4 Å². The molecule has 9 heteroatoms. The highest BCUT2D eigenvalue weighted by Gasteiger charge is 2.49. The van der Waals surface area contributed by atoms with Crippen LogP contribution in [0.5, 0.6) is 0 Å². The molecule has 9 nitrogen and oxygen atoms in total. The van der Waals surface area contributed by atoms with Gasteiger partial charge in [0, 0.05) is 6.54 Å². The predicted octanol–water partition coefficient (Wildman–Crippen LogP) is 2.56. The smallest absolute Gasteiger partial charge is 0.311 e. The Balaban J connectivity index is 5.82. The number of carbonyl (C=O) groups is 3. The van der Waals surface area contributed by atoms with Crippen LogP contribution in [0.3, 0.4) is 0 Å². The van der Waals surface area contributed by atoms with Crippen molar-refractivity contribution >= 4 is 17.9 Å². The van der Waals surface area contributed by atoms with Crippen LogP contribution in [-0.2, 0) is 28.6 Å². The molecule has 0 aliphatic rings. The van der Waals surface area contributed by atoms with Crippen LogP contribution in [0.25, 0.3) is 0 Å². The van der Waals surface area contributed by atoms with Crippen LogP contribution in [0.1, 0.15) is 73.6 Å². The van der Waals surface area contributed by atoms with E-state index in [4.69, 9.17) is 19.3 Å². The van der Waals surface area contributed by atoms with Crippen LogP contribution < -0.4 is 0 Å². The molecule has 0 aliphatic carbocycles. The van der Waals surface area contributed by atoms with Gasteiger partial charge in [-0.15, -0.1) is 0 Å². The fraction of sp³-hybridized carbons (Fsp3) is 0.880. The van der Waals surface area contributed by atoms with Gasteiger partial charge in [0.25, 0.3) is 0 Å². The molecule has 0 rings (SSSR count). The van der Waals surface area contributed by atoms with Crippen LogP contribution in [0, 0.1) is 16.2 Å². The number of carbonyl (C=O) groups excluding carboxylic acids is 3. The minimum atomic E-state index is -1.18. The highest BCUT2D eigenvalue weighted by atomic mass is 16.5. The van der Waals surface area contributed by atoms with E-state index in [1.54, 1.807) is 27.7 Å². The summed E-state index contributed by atoms with van der Waals surface area (Å²) in [5.74, 6) is -1.48. The molecule has 34 heavy (non-hydrogen) atoms. The average molecular weight is 490 g/mol. The normalized spacial score (nSPS) is 16.3. The van der Waals surface area contributed by atoms with Crippen molar-refractivity contribution in [3.63, 3.8) is 0 Å². The quantitative estimate of drug-likeness (QED) is 0.180. The summed E-state index contributed by atoms with van der Waals surface area (Å²) in [6.45, 7) is 10.8. The predicted molar refractivity (Wildman–Crippen MR) is 129 cm³/mol. The van der Waals surface area contributed by atoms with Crippen molar-refractivity contribution in [1.82, 2.24) is 4.90 Å². The monoisotopic (exact) mass is 489 g/mol. The maximum Gasteiger partial charge on any atom is 0.311 e. The Hall–Kier alpha value is -1.71. The van der Waals surface area contributed by atoms with Crippen molar-refractivity contribution in [2.75, 3.05) is 47.1 Å². The van der Waals surface area contributed by atoms with E-state index in [1.165, 1.54) is 0 Å². The molecular formula is C25H47NO8.